The average Bonchev–Trinajstić information content (AvgIpc) is 2.79. The van der Waals surface area contributed by atoms with Crippen LogP contribution < -0.4 is 5.32 Å². The summed E-state index contributed by atoms with van der Waals surface area (Å²) in [6.07, 6.45) is 0. The summed E-state index contributed by atoms with van der Waals surface area (Å²) in [7, 11) is 0. The van der Waals surface area contributed by atoms with Gasteiger partial charge >= 0.3 is 5.97 Å². The fourth-order valence-corrected chi connectivity index (χ4v) is 2.03. The van der Waals surface area contributed by atoms with Gasteiger partial charge in [0, 0.05) is 12.2 Å². The van der Waals surface area contributed by atoms with E-state index in [4.69, 9.17) is 5.11 Å². The van der Waals surface area contributed by atoms with E-state index in [1.54, 1.807) is 29.5 Å². The van der Waals surface area contributed by atoms with Crippen molar-refractivity contribution in [1.82, 2.24) is 0 Å². The van der Waals surface area contributed by atoms with Gasteiger partial charge in [-0.15, -0.1) is 0 Å². The van der Waals surface area contributed by atoms with E-state index < -0.39 is 5.97 Å². The average molecular weight is 233 g/mol. The van der Waals surface area contributed by atoms with Crippen molar-refractivity contribution in [2.24, 2.45) is 0 Å². The first kappa shape index (κ1) is 10.7. The van der Waals surface area contributed by atoms with E-state index in [1.807, 2.05) is 17.5 Å². The molecular formula is C12H11NO2S. The van der Waals surface area contributed by atoms with Crippen LogP contribution in [-0.4, -0.2) is 11.1 Å². The van der Waals surface area contributed by atoms with Crippen LogP contribution in [-0.2, 0) is 6.54 Å². The molecule has 1 aromatic heterocycles. The molecule has 16 heavy (non-hydrogen) atoms. The quantitative estimate of drug-likeness (QED) is 0.853. The van der Waals surface area contributed by atoms with Gasteiger partial charge in [-0.05, 0) is 40.6 Å². The Hall–Kier alpha value is -1.81. The molecule has 82 valence electrons. The summed E-state index contributed by atoms with van der Waals surface area (Å²) >= 11 is 1.65. The van der Waals surface area contributed by atoms with Gasteiger partial charge in [-0.3, -0.25) is 0 Å². The van der Waals surface area contributed by atoms with E-state index in [0.29, 0.717) is 12.1 Å². The van der Waals surface area contributed by atoms with E-state index in [9.17, 15) is 4.79 Å². The molecule has 0 fully saturated rings. The smallest absolute Gasteiger partial charge is 0.335 e. The van der Waals surface area contributed by atoms with Crippen molar-refractivity contribution in [2.75, 3.05) is 5.32 Å². The Balaban J connectivity index is 2.04. The molecule has 0 aliphatic heterocycles. The summed E-state index contributed by atoms with van der Waals surface area (Å²) in [6, 6.07) is 8.85. The minimum Gasteiger partial charge on any atom is -0.478 e. The van der Waals surface area contributed by atoms with Crippen molar-refractivity contribution in [3.05, 3.63) is 52.2 Å². The van der Waals surface area contributed by atoms with Crippen LogP contribution in [0, 0.1) is 0 Å². The van der Waals surface area contributed by atoms with Crippen LogP contribution in [0.2, 0.25) is 0 Å². The lowest BCUT2D eigenvalue weighted by atomic mass is 10.2. The van der Waals surface area contributed by atoms with Gasteiger partial charge in [0.15, 0.2) is 0 Å². The minimum absolute atomic E-state index is 0.301. The molecule has 0 spiro atoms. The third-order valence-electron chi connectivity index (χ3n) is 2.19. The number of aromatic carboxylic acids is 1. The maximum atomic E-state index is 10.8. The zero-order valence-corrected chi connectivity index (χ0v) is 9.33. The summed E-state index contributed by atoms with van der Waals surface area (Å²) in [4.78, 5) is 10.8. The van der Waals surface area contributed by atoms with Crippen molar-refractivity contribution in [3.63, 3.8) is 0 Å². The summed E-state index contributed by atoms with van der Waals surface area (Å²) < 4.78 is 0. The van der Waals surface area contributed by atoms with E-state index in [0.717, 1.165) is 5.69 Å². The molecule has 0 aliphatic carbocycles. The molecule has 2 aromatic rings. The lowest BCUT2D eigenvalue weighted by Gasteiger charge is -2.05. The Morgan fingerprint density at radius 1 is 1.38 bits per heavy atom. The zero-order chi connectivity index (χ0) is 11.4. The molecule has 0 saturated carbocycles. The molecule has 0 atom stereocenters. The van der Waals surface area contributed by atoms with Crippen molar-refractivity contribution < 1.29 is 9.90 Å². The van der Waals surface area contributed by atoms with Crippen LogP contribution in [0.3, 0.4) is 0 Å². The summed E-state index contributed by atoms with van der Waals surface area (Å²) in [5, 5.41) is 16.1. The minimum atomic E-state index is -0.904. The highest BCUT2D eigenvalue weighted by Gasteiger charge is 2.02. The number of carbonyl (C=O) groups is 1. The molecule has 0 aliphatic rings. The zero-order valence-electron chi connectivity index (χ0n) is 8.51. The molecule has 0 bridgehead atoms. The van der Waals surface area contributed by atoms with Gasteiger partial charge in [0.1, 0.15) is 0 Å². The molecule has 2 rings (SSSR count). The third kappa shape index (κ3) is 2.61. The number of carboxylic acid groups (broad SMARTS) is 1. The normalized spacial score (nSPS) is 10.0. The van der Waals surface area contributed by atoms with Gasteiger partial charge in [0.25, 0.3) is 0 Å². The first-order valence-corrected chi connectivity index (χ1v) is 5.78. The Morgan fingerprint density at radius 3 is 2.94 bits per heavy atom. The fourth-order valence-electron chi connectivity index (χ4n) is 1.36. The first-order valence-electron chi connectivity index (χ1n) is 4.84. The van der Waals surface area contributed by atoms with Crippen LogP contribution >= 0.6 is 11.3 Å². The van der Waals surface area contributed by atoms with Gasteiger partial charge in [-0.2, -0.15) is 11.3 Å². The van der Waals surface area contributed by atoms with Gasteiger partial charge in [-0.1, -0.05) is 6.07 Å². The predicted octanol–water partition coefficient (Wildman–Crippen LogP) is 3.06. The second-order valence-corrected chi connectivity index (χ2v) is 4.15. The van der Waals surface area contributed by atoms with Crippen LogP contribution in [0.25, 0.3) is 0 Å². The molecule has 1 aromatic carbocycles. The molecule has 2 N–H and O–H groups in total. The molecule has 4 heteroatoms. The van der Waals surface area contributed by atoms with Crippen LogP contribution in [0.15, 0.2) is 41.1 Å². The summed E-state index contributed by atoms with van der Waals surface area (Å²) in [5.74, 6) is -0.904. The highest BCUT2D eigenvalue weighted by atomic mass is 32.1. The highest BCUT2D eigenvalue weighted by Crippen LogP contribution is 2.13. The molecular weight excluding hydrogens is 222 g/mol. The maximum Gasteiger partial charge on any atom is 0.335 e. The number of hydrogen-bond acceptors (Lipinski definition) is 3. The van der Waals surface area contributed by atoms with E-state index >= 15 is 0 Å². The topological polar surface area (TPSA) is 49.3 Å². The Morgan fingerprint density at radius 2 is 2.25 bits per heavy atom. The van der Waals surface area contributed by atoms with Gasteiger partial charge in [0.2, 0.25) is 0 Å². The lowest BCUT2D eigenvalue weighted by Crippen LogP contribution is -2.01. The molecule has 0 saturated heterocycles. The van der Waals surface area contributed by atoms with Crippen LogP contribution in [0.4, 0.5) is 5.69 Å². The Labute approximate surface area is 97.4 Å². The Kier molecular flexibility index (Phi) is 3.22. The standard InChI is InChI=1S/C12H11NO2S/c14-12(15)10-2-1-3-11(6-10)13-7-9-4-5-16-8-9/h1-6,8,13H,7H2,(H,14,15). The van der Waals surface area contributed by atoms with Gasteiger partial charge in [-0.25, -0.2) is 4.79 Å². The highest BCUT2D eigenvalue weighted by molar-refractivity contribution is 7.07. The second kappa shape index (κ2) is 4.81. The SMILES string of the molecule is O=C(O)c1cccc(NCc2ccsc2)c1. The number of rotatable bonds is 4. The van der Waals surface area contributed by atoms with E-state index in [2.05, 4.69) is 10.7 Å². The molecule has 1 heterocycles. The van der Waals surface area contributed by atoms with Crippen molar-refractivity contribution in [3.8, 4) is 0 Å². The Bertz CT molecular complexity index is 480. The summed E-state index contributed by atoms with van der Waals surface area (Å²) in [6.45, 7) is 0.715. The molecule has 3 nitrogen and oxygen atoms in total. The number of anilines is 1. The fraction of sp³-hybridized carbons (Fsp3) is 0.0833. The monoisotopic (exact) mass is 233 g/mol. The van der Waals surface area contributed by atoms with Crippen molar-refractivity contribution in [1.29, 1.82) is 0 Å². The number of carboxylic acids is 1. The van der Waals surface area contributed by atoms with Crippen LogP contribution in [0.5, 0.6) is 0 Å². The maximum absolute atomic E-state index is 10.8. The number of hydrogen-bond donors (Lipinski definition) is 2. The van der Waals surface area contributed by atoms with Crippen LogP contribution in [0.1, 0.15) is 15.9 Å². The summed E-state index contributed by atoms with van der Waals surface area (Å²) in [5.41, 5.74) is 2.33. The van der Waals surface area contributed by atoms with Gasteiger partial charge < -0.3 is 10.4 Å². The van der Waals surface area contributed by atoms with Crippen molar-refractivity contribution in [2.45, 2.75) is 6.54 Å². The predicted molar refractivity (Wildman–Crippen MR) is 65.0 cm³/mol. The number of thiophene rings is 1. The molecule has 0 radical (unpaired) electrons. The second-order valence-electron chi connectivity index (χ2n) is 3.37. The third-order valence-corrected chi connectivity index (χ3v) is 2.92. The number of benzene rings is 1. The number of nitrogens with one attached hydrogen (secondary N) is 1. The van der Waals surface area contributed by atoms with Gasteiger partial charge in [0.05, 0.1) is 5.56 Å². The lowest BCUT2D eigenvalue weighted by molar-refractivity contribution is 0.0697. The van der Waals surface area contributed by atoms with E-state index in [-0.39, 0.29) is 0 Å². The first-order chi connectivity index (χ1) is 7.75. The largest absolute Gasteiger partial charge is 0.478 e. The molecule has 0 unspecified atom stereocenters. The van der Waals surface area contributed by atoms with E-state index in [1.165, 1.54) is 5.56 Å². The van der Waals surface area contributed by atoms with Crippen molar-refractivity contribution >= 4 is 23.0 Å². The molecule has 0 amide bonds.